The maximum atomic E-state index is 11.8. The molecule has 0 saturated carbocycles. The molecule has 0 radical (unpaired) electrons. The summed E-state index contributed by atoms with van der Waals surface area (Å²) in [4.78, 5) is 11.8. The molecule has 0 aliphatic heterocycles. The van der Waals surface area contributed by atoms with Gasteiger partial charge in [-0.2, -0.15) is 0 Å². The second kappa shape index (κ2) is 6.60. The van der Waals surface area contributed by atoms with Gasteiger partial charge in [-0.25, -0.2) is 0 Å². The summed E-state index contributed by atoms with van der Waals surface area (Å²) in [5.41, 5.74) is 2.82. The summed E-state index contributed by atoms with van der Waals surface area (Å²) in [7, 11) is 0. The second-order valence-electron chi connectivity index (χ2n) is 5.05. The zero-order chi connectivity index (χ0) is 13.7. The molecule has 1 amide bonds. The average molecular weight is 261 g/mol. The predicted octanol–water partition coefficient (Wildman–Crippen LogP) is 2.86. The second-order valence-corrected chi connectivity index (χ2v) is 5.05. The van der Waals surface area contributed by atoms with Gasteiger partial charge in [-0.3, -0.25) is 4.79 Å². The first kappa shape index (κ1) is 13.9. The van der Waals surface area contributed by atoms with Crippen LogP contribution in [0.25, 0.3) is 0 Å². The highest BCUT2D eigenvalue weighted by atomic mass is 16.5. The Balaban J connectivity index is 2.07. The number of fused-ring (bicyclic) bond motifs is 1. The van der Waals surface area contributed by atoms with Crippen LogP contribution in [-0.2, 0) is 17.6 Å². The minimum Gasteiger partial charge on any atom is -0.481 e. The van der Waals surface area contributed by atoms with Gasteiger partial charge < -0.3 is 10.1 Å². The maximum Gasteiger partial charge on any atom is 0.261 e. The lowest BCUT2D eigenvalue weighted by Crippen LogP contribution is -2.37. The number of ether oxygens (including phenoxy) is 1. The van der Waals surface area contributed by atoms with E-state index in [0.29, 0.717) is 13.0 Å². The van der Waals surface area contributed by atoms with Crippen molar-refractivity contribution in [1.29, 1.82) is 0 Å². The lowest BCUT2D eigenvalue weighted by Gasteiger charge is -2.20. The Bertz CT molecular complexity index is 442. The van der Waals surface area contributed by atoms with E-state index >= 15 is 0 Å². The van der Waals surface area contributed by atoms with Crippen LogP contribution in [0.2, 0.25) is 0 Å². The molecule has 0 saturated heterocycles. The van der Waals surface area contributed by atoms with Gasteiger partial charge in [-0.1, -0.05) is 13.0 Å². The molecule has 1 aromatic carbocycles. The lowest BCUT2D eigenvalue weighted by molar-refractivity contribution is -0.128. The van der Waals surface area contributed by atoms with Gasteiger partial charge in [0.05, 0.1) is 0 Å². The Morgan fingerprint density at radius 3 is 2.68 bits per heavy atom. The Hall–Kier alpha value is -1.51. The summed E-state index contributed by atoms with van der Waals surface area (Å²) >= 11 is 0. The molecule has 0 aromatic heterocycles. The SMILES string of the molecule is CCNC(=O)[C@@H](CC)Oc1ccc2c(c1)CCCC2. The van der Waals surface area contributed by atoms with Crippen molar-refractivity contribution in [2.24, 2.45) is 0 Å². The van der Waals surface area contributed by atoms with E-state index in [-0.39, 0.29) is 12.0 Å². The fourth-order valence-electron chi connectivity index (χ4n) is 2.56. The first-order chi connectivity index (χ1) is 9.24. The van der Waals surface area contributed by atoms with Crippen molar-refractivity contribution in [1.82, 2.24) is 5.32 Å². The Labute approximate surface area is 115 Å². The van der Waals surface area contributed by atoms with E-state index in [1.165, 1.54) is 30.4 Å². The fraction of sp³-hybridized carbons (Fsp3) is 0.562. The van der Waals surface area contributed by atoms with Gasteiger partial charge in [0.15, 0.2) is 6.10 Å². The molecular weight excluding hydrogens is 238 g/mol. The molecular formula is C16H23NO2. The van der Waals surface area contributed by atoms with Crippen LogP contribution in [0, 0.1) is 0 Å². The zero-order valence-electron chi connectivity index (χ0n) is 11.9. The molecule has 1 aromatic rings. The van der Waals surface area contributed by atoms with Crippen molar-refractivity contribution in [2.45, 2.75) is 52.1 Å². The zero-order valence-corrected chi connectivity index (χ0v) is 11.9. The molecule has 1 aliphatic rings. The normalized spacial score (nSPS) is 15.5. The number of nitrogens with one attached hydrogen (secondary N) is 1. The number of carbonyl (C=O) groups is 1. The van der Waals surface area contributed by atoms with E-state index in [0.717, 1.165) is 12.2 Å². The van der Waals surface area contributed by atoms with Crippen LogP contribution in [0.4, 0.5) is 0 Å². The molecule has 0 heterocycles. The van der Waals surface area contributed by atoms with Crippen molar-refractivity contribution in [2.75, 3.05) is 6.54 Å². The summed E-state index contributed by atoms with van der Waals surface area (Å²) in [6.45, 7) is 4.53. The molecule has 0 fully saturated rings. The standard InChI is InChI=1S/C16H23NO2/c1-3-15(16(18)17-4-2)19-14-10-9-12-7-5-6-8-13(12)11-14/h9-11,15H,3-8H2,1-2H3,(H,17,18)/t15-/m1/s1. The van der Waals surface area contributed by atoms with Crippen molar-refractivity contribution < 1.29 is 9.53 Å². The summed E-state index contributed by atoms with van der Waals surface area (Å²) in [5, 5.41) is 2.82. The van der Waals surface area contributed by atoms with Crippen LogP contribution in [0.15, 0.2) is 18.2 Å². The van der Waals surface area contributed by atoms with Crippen LogP contribution in [0.5, 0.6) is 5.75 Å². The number of hydrogen-bond acceptors (Lipinski definition) is 2. The highest BCUT2D eigenvalue weighted by Crippen LogP contribution is 2.26. The maximum absolute atomic E-state index is 11.8. The number of amides is 1. The smallest absolute Gasteiger partial charge is 0.261 e. The molecule has 3 nitrogen and oxygen atoms in total. The summed E-state index contributed by atoms with van der Waals surface area (Å²) in [6, 6.07) is 6.25. The van der Waals surface area contributed by atoms with E-state index < -0.39 is 0 Å². The van der Waals surface area contributed by atoms with Gasteiger partial charge in [0.25, 0.3) is 5.91 Å². The number of benzene rings is 1. The third-order valence-corrected chi connectivity index (χ3v) is 3.61. The molecule has 1 N–H and O–H groups in total. The lowest BCUT2D eigenvalue weighted by atomic mass is 9.92. The highest BCUT2D eigenvalue weighted by molar-refractivity contribution is 5.81. The number of hydrogen-bond donors (Lipinski definition) is 1. The molecule has 1 aliphatic carbocycles. The fourth-order valence-corrected chi connectivity index (χ4v) is 2.56. The highest BCUT2D eigenvalue weighted by Gasteiger charge is 2.18. The number of carbonyl (C=O) groups excluding carboxylic acids is 1. The van der Waals surface area contributed by atoms with Gasteiger partial charge in [-0.05, 0) is 62.3 Å². The number of rotatable bonds is 5. The minimum absolute atomic E-state index is 0.0253. The van der Waals surface area contributed by atoms with Crippen molar-refractivity contribution in [3.8, 4) is 5.75 Å². The quantitative estimate of drug-likeness (QED) is 0.885. The molecule has 1 atom stereocenters. The Morgan fingerprint density at radius 2 is 2.00 bits per heavy atom. The predicted molar refractivity (Wildman–Crippen MR) is 76.5 cm³/mol. The molecule has 19 heavy (non-hydrogen) atoms. The third kappa shape index (κ3) is 3.49. The van der Waals surface area contributed by atoms with Gasteiger partial charge >= 0.3 is 0 Å². The Kier molecular flexibility index (Phi) is 4.83. The molecule has 104 valence electrons. The number of likely N-dealkylation sites (N-methyl/N-ethyl adjacent to an activating group) is 1. The Morgan fingerprint density at radius 1 is 1.26 bits per heavy atom. The first-order valence-corrected chi connectivity index (χ1v) is 7.30. The van der Waals surface area contributed by atoms with Crippen molar-refractivity contribution in [3.05, 3.63) is 29.3 Å². The average Bonchev–Trinajstić information content (AvgIpc) is 2.44. The topological polar surface area (TPSA) is 38.3 Å². The molecule has 0 unspecified atom stereocenters. The van der Waals surface area contributed by atoms with Crippen LogP contribution in [0.1, 0.15) is 44.2 Å². The molecule has 0 bridgehead atoms. The van der Waals surface area contributed by atoms with Gasteiger partial charge in [0.2, 0.25) is 0 Å². The van der Waals surface area contributed by atoms with Gasteiger partial charge in [-0.15, -0.1) is 0 Å². The largest absolute Gasteiger partial charge is 0.481 e. The van der Waals surface area contributed by atoms with Crippen molar-refractivity contribution in [3.63, 3.8) is 0 Å². The number of aryl methyl sites for hydroxylation is 2. The van der Waals surface area contributed by atoms with E-state index in [1.807, 2.05) is 19.9 Å². The van der Waals surface area contributed by atoms with Gasteiger partial charge in [0.1, 0.15) is 5.75 Å². The van der Waals surface area contributed by atoms with E-state index in [4.69, 9.17) is 4.74 Å². The van der Waals surface area contributed by atoms with Gasteiger partial charge in [0, 0.05) is 6.54 Å². The minimum atomic E-state index is -0.387. The first-order valence-electron chi connectivity index (χ1n) is 7.30. The molecule has 0 spiro atoms. The summed E-state index contributed by atoms with van der Waals surface area (Å²) in [6.07, 6.45) is 5.13. The van der Waals surface area contributed by atoms with Crippen LogP contribution >= 0.6 is 0 Å². The van der Waals surface area contributed by atoms with Crippen molar-refractivity contribution >= 4 is 5.91 Å². The molecule has 3 heteroatoms. The van der Waals surface area contributed by atoms with E-state index in [1.54, 1.807) is 0 Å². The third-order valence-electron chi connectivity index (χ3n) is 3.61. The monoisotopic (exact) mass is 261 g/mol. The van der Waals surface area contributed by atoms with Crippen LogP contribution in [-0.4, -0.2) is 18.6 Å². The summed E-state index contributed by atoms with van der Waals surface area (Å²) < 4.78 is 5.83. The van der Waals surface area contributed by atoms with Crippen LogP contribution in [0.3, 0.4) is 0 Å². The van der Waals surface area contributed by atoms with E-state index in [9.17, 15) is 4.79 Å². The van der Waals surface area contributed by atoms with E-state index in [2.05, 4.69) is 17.4 Å². The molecule has 2 rings (SSSR count). The van der Waals surface area contributed by atoms with Crippen LogP contribution < -0.4 is 10.1 Å². The summed E-state index contributed by atoms with van der Waals surface area (Å²) in [5.74, 6) is 0.793.